The van der Waals surface area contributed by atoms with Crippen LogP contribution in [0.15, 0.2) is 17.8 Å². The molecule has 0 fully saturated rings. The van der Waals surface area contributed by atoms with Gasteiger partial charge in [0, 0.05) is 15.7 Å². The van der Waals surface area contributed by atoms with E-state index in [1.807, 2.05) is 17.8 Å². The molecule has 2 rings (SSSR count). The van der Waals surface area contributed by atoms with Crippen molar-refractivity contribution in [1.29, 1.82) is 0 Å². The molecule has 1 aromatic rings. The van der Waals surface area contributed by atoms with Gasteiger partial charge in [-0.2, -0.15) is 5.10 Å². The first-order chi connectivity index (χ1) is 9.93. The second-order valence-electron chi connectivity index (χ2n) is 6.03. The summed E-state index contributed by atoms with van der Waals surface area (Å²) in [5.74, 6) is 1.83. The molecule has 0 saturated carbocycles. The third-order valence-corrected chi connectivity index (χ3v) is 4.91. The van der Waals surface area contributed by atoms with Crippen LogP contribution in [0, 0.1) is 0 Å². The standard InChI is InChI=1S/C16H25IN4/c1-5-8-16(4,17)9-6-7-10-21-15-14(11-18-21)12(2)19-13(3)20-15/h11H,2,5-10H2,1,3-4H3,(H,19,20). The average molecular weight is 400 g/mol. The lowest BCUT2D eigenvalue weighted by molar-refractivity contribution is 0.490. The molecule has 2 heterocycles. The molecule has 4 nitrogen and oxygen atoms in total. The number of aromatic nitrogens is 2. The number of amidine groups is 1. The Kier molecular flexibility index (Phi) is 5.46. The number of fused-ring (bicyclic) bond motifs is 1. The van der Waals surface area contributed by atoms with Crippen LogP contribution >= 0.6 is 22.6 Å². The number of aliphatic imine (C=N–C) groups is 1. The fraction of sp³-hybridized carbons (Fsp3) is 0.625. The molecule has 1 N–H and O–H groups in total. The highest BCUT2D eigenvalue weighted by molar-refractivity contribution is 14.1. The Labute approximate surface area is 141 Å². The molecular weight excluding hydrogens is 375 g/mol. The van der Waals surface area contributed by atoms with Crippen molar-refractivity contribution in [2.24, 2.45) is 4.99 Å². The Morgan fingerprint density at radius 2 is 2.14 bits per heavy atom. The Morgan fingerprint density at radius 3 is 2.86 bits per heavy atom. The summed E-state index contributed by atoms with van der Waals surface area (Å²) < 4.78 is 2.44. The van der Waals surface area contributed by atoms with E-state index < -0.39 is 0 Å². The van der Waals surface area contributed by atoms with E-state index in [9.17, 15) is 0 Å². The van der Waals surface area contributed by atoms with Gasteiger partial charge in [-0.25, -0.2) is 9.67 Å². The molecule has 0 bridgehead atoms. The van der Waals surface area contributed by atoms with Crippen molar-refractivity contribution in [2.45, 2.75) is 62.8 Å². The van der Waals surface area contributed by atoms with E-state index in [4.69, 9.17) is 0 Å². The van der Waals surface area contributed by atoms with Crippen molar-refractivity contribution in [3.05, 3.63) is 18.3 Å². The quantitative estimate of drug-likeness (QED) is 0.411. The summed E-state index contributed by atoms with van der Waals surface area (Å²) in [5, 5.41) is 7.61. The zero-order valence-corrected chi connectivity index (χ0v) is 15.4. The molecule has 5 heteroatoms. The normalized spacial score (nSPS) is 17.0. The first-order valence-electron chi connectivity index (χ1n) is 7.69. The molecule has 0 spiro atoms. The second kappa shape index (κ2) is 6.94. The molecule has 1 atom stereocenters. The number of halogens is 1. The maximum Gasteiger partial charge on any atom is 0.161 e. The number of rotatable bonds is 7. The molecule has 116 valence electrons. The third-order valence-electron chi connectivity index (χ3n) is 3.83. The number of hydrogen-bond donors (Lipinski definition) is 1. The fourth-order valence-electron chi connectivity index (χ4n) is 2.75. The average Bonchev–Trinajstić information content (AvgIpc) is 2.78. The predicted octanol–water partition coefficient (Wildman–Crippen LogP) is 4.67. The smallest absolute Gasteiger partial charge is 0.161 e. The molecule has 0 aromatic carbocycles. The van der Waals surface area contributed by atoms with Crippen LogP contribution < -0.4 is 5.32 Å². The van der Waals surface area contributed by atoms with Gasteiger partial charge in [0.25, 0.3) is 0 Å². The zero-order valence-electron chi connectivity index (χ0n) is 13.2. The zero-order chi connectivity index (χ0) is 15.5. The van der Waals surface area contributed by atoms with Crippen LogP contribution in [0.3, 0.4) is 0 Å². The lowest BCUT2D eigenvalue weighted by atomic mass is 9.99. The number of nitrogens with zero attached hydrogens (tertiary/aromatic N) is 3. The fourth-order valence-corrected chi connectivity index (χ4v) is 3.67. The van der Waals surface area contributed by atoms with Crippen molar-refractivity contribution in [1.82, 2.24) is 15.1 Å². The highest BCUT2D eigenvalue weighted by atomic mass is 127. The van der Waals surface area contributed by atoms with Crippen LogP contribution in [-0.4, -0.2) is 19.0 Å². The van der Waals surface area contributed by atoms with Gasteiger partial charge in [-0.05, 0) is 26.2 Å². The first-order valence-corrected chi connectivity index (χ1v) is 8.77. The molecule has 21 heavy (non-hydrogen) atoms. The SMILES string of the molecule is C=C1NC(C)=Nc2c1cnn2CCCCC(C)(I)CCC. The van der Waals surface area contributed by atoms with E-state index in [1.165, 1.54) is 25.7 Å². The highest BCUT2D eigenvalue weighted by Gasteiger charge is 2.19. The van der Waals surface area contributed by atoms with Crippen LogP contribution in [0.2, 0.25) is 0 Å². The van der Waals surface area contributed by atoms with Crippen LogP contribution in [0.25, 0.3) is 5.70 Å². The van der Waals surface area contributed by atoms with E-state index >= 15 is 0 Å². The number of nitrogens with one attached hydrogen (secondary N) is 1. The van der Waals surface area contributed by atoms with Gasteiger partial charge >= 0.3 is 0 Å². The minimum Gasteiger partial charge on any atom is -0.344 e. The number of aryl methyl sites for hydroxylation is 1. The summed E-state index contributed by atoms with van der Waals surface area (Å²) in [6.45, 7) is 11.5. The van der Waals surface area contributed by atoms with Crippen LogP contribution in [0.4, 0.5) is 5.82 Å². The molecular formula is C16H25IN4. The molecule has 1 unspecified atom stereocenters. The summed E-state index contributed by atoms with van der Waals surface area (Å²) in [7, 11) is 0. The lowest BCUT2D eigenvalue weighted by Gasteiger charge is -2.21. The van der Waals surface area contributed by atoms with Gasteiger partial charge < -0.3 is 5.32 Å². The summed E-state index contributed by atoms with van der Waals surface area (Å²) in [4.78, 5) is 4.56. The monoisotopic (exact) mass is 400 g/mol. The third kappa shape index (κ3) is 4.31. The second-order valence-corrected chi connectivity index (χ2v) is 8.63. The number of alkyl halides is 1. The van der Waals surface area contributed by atoms with E-state index in [2.05, 4.69) is 58.4 Å². The highest BCUT2D eigenvalue weighted by Crippen LogP contribution is 2.31. The van der Waals surface area contributed by atoms with E-state index in [0.29, 0.717) is 3.42 Å². The topological polar surface area (TPSA) is 42.2 Å². The van der Waals surface area contributed by atoms with Crippen molar-refractivity contribution in [3.63, 3.8) is 0 Å². The van der Waals surface area contributed by atoms with Crippen molar-refractivity contribution < 1.29 is 0 Å². The molecule has 1 aliphatic heterocycles. The van der Waals surface area contributed by atoms with Crippen molar-refractivity contribution >= 4 is 39.9 Å². The van der Waals surface area contributed by atoms with Gasteiger partial charge in [0.2, 0.25) is 0 Å². The van der Waals surface area contributed by atoms with Crippen LogP contribution in [0.5, 0.6) is 0 Å². The molecule has 0 amide bonds. The van der Waals surface area contributed by atoms with Crippen LogP contribution in [0.1, 0.15) is 58.4 Å². The maximum atomic E-state index is 4.56. The van der Waals surface area contributed by atoms with E-state index in [1.54, 1.807) is 0 Å². The van der Waals surface area contributed by atoms with Gasteiger partial charge in [0.1, 0.15) is 5.84 Å². The van der Waals surface area contributed by atoms with Gasteiger partial charge in [-0.1, -0.05) is 55.9 Å². The number of unbranched alkanes of at least 4 members (excludes halogenated alkanes) is 1. The van der Waals surface area contributed by atoms with E-state index in [0.717, 1.165) is 35.9 Å². The molecule has 0 saturated heterocycles. The Balaban J connectivity index is 1.90. The minimum absolute atomic E-state index is 0.434. The summed E-state index contributed by atoms with van der Waals surface area (Å²) in [6, 6.07) is 0. The number of hydrogen-bond acceptors (Lipinski definition) is 3. The molecule has 1 aliphatic rings. The lowest BCUT2D eigenvalue weighted by Crippen LogP contribution is -2.21. The first kappa shape index (κ1) is 16.5. The predicted molar refractivity (Wildman–Crippen MR) is 98.3 cm³/mol. The Bertz CT molecular complexity index is 542. The van der Waals surface area contributed by atoms with Gasteiger partial charge in [0.15, 0.2) is 5.82 Å². The van der Waals surface area contributed by atoms with Crippen molar-refractivity contribution in [2.75, 3.05) is 0 Å². The van der Waals surface area contributed by atoms with Gasteiger partial charge in [-0.3, -0.25) is 0 Å². The van der Waals surface area contributed by atoms with E-state index in [-0.39, 0.29) is 0 Å². The summed E-state index contributed by atoms with van der Waals surface area (Å²) >= 11 is 2.60. The Morgan fingerprint density at radius 1 is 1.38 bits per heavy atom. The minimum atomic E-state index is 0.434. The maximum absolute atomic E-state index is 4.56. The molecule has 0 radical (unpaired) electrons. The molecule has 0 aliphatic carbocycles. The van der Waals surface area contributed by atoms with Crippen molar-refractivity contribution in [3.8, 4) is 0 Å². The largest absolute Gasteiger partial charge is 0.344 e. The molecule has 1 aromatic heterocycles. The van der Waals surface area contributed by atoms with Gasteiger partial charge in [0.05, 0.1) is 11.8 Å². The summed E-state index contributed by atoms with van der Waals surface area (Å²) in [5.41, 5.74) is 1.91. The summed E-state index contributed by atoms with van der Waals surface area (Å²) in [6.07, 6.45) is 8.05. The van der Waals surface area contributed by atoms with Gasteiger partial charge in [-0.15, -0.1) is 0 Å². The van der Waals surface area contributed by atoms with Crippen LogP contribution in [-0.2, 0) is 6.54 Å². The Hall–Kier alpha value is -0.850.